The topological polar surface area (TPSA) is 725 Å². The minimum absolute atomic E-state index is 0.0792. The molecular weight excluding hydrogens is 1740 g/mol. The molecular formula is C84H123N17O29S. The van der Waals surface area contributed by atoms with Gasteiger partial charge in [0.05, 0.1) is 62.9 Å². The van der Waals surface area contributed by atoms with Crippen LogP contribution in [0.5, 0.6) is 11.5 Å². The van der Waals surface area contributed by atoms with Crippen LogP contribution in [0.15, 0.2) is 78.9 Å². The molecule has 131 heavy (non-hydrogen) atoms. The van der Waals surface area contributed by atoms with Crippen molar-refractivity contribution in [2.45, 2.75) is 216 Å². The lowest BCUT2D eigenvalue weighted by atomic mass is 9.96. The van der Waals surface area contributed by atoms with Gasteiger partial charge in [-0.1, -0.05) is 95.1 Å². The minimum Gasteiger partial charge on any atom is -0.508 e. The number of phenolic OH excluding ortho intramolecular Hbond substituents is 2. The number of thioether (sulfide) groups is 1. The highest BCUT2D eigenvalue weighted by molar-refractivity contribution is 8.00. The number of aromatic hydroxyl groups is 2. The summed E-state index contributed by atoms with van der Waals surface area (Å²) in [7, 11) is 0. The molecule has 47 heteroatoms. The summed E-state index contributed by atoms with van der Waals surface area (Å²) in [5, 5.41) is 128. The number of benzene rings is 3. The average Bonchev–Trinajstić information content (AvgIpc) is 0.834. The van der Waals surface area contributed by atoms with E-state index in [2.05, 4.69) is 79.8 Å². The van der Waals surface area contributed by atoms with Crippen molar-refractivity contribution in [1.82, 2.24) is 84.7 Å². The normalized spacial score (nSPS) is 15.5. The van der Waals surface area contributed by atoms with Gasteiger partial charge in [-0.2, -0.15) is 0 Å². The van der Waals surface area contributed by atoms with Crippen LogP contribution in [0.1, 0.15) is 123 Å². The summed E-state index contributed by atoms with van der Waals surface area (Å²) in [6.45, 7) is 8.13. The molecule has 16 amide bonds. The Balaban J connectivity index is 1.52. The molecule has 724 valence electrons. The zero-order chi connectivity index (χ0) is 97.7. The van der Waals surface area contributed by atoms with Crippen LogP contribution in [-0.2, 0) is 115 Å². The second-order valence-corrected chi connectivity index (χ2v) is 32.7. The summed E-state index contributed by atoms with van der Waals surface area (Å²) in [5.41, 5.74) is 6.49. The lowest BCUT2D eigenvalue weighted by Gasteiger charge is -2.30. The first kappa shape index (κ1) is 111. The number of phenols is 2. The molecule has 0 bridgehead atoms. The molecule has 3 aromatic carbocycles. The second-order valence-electron chi connectivity index (χ2n) is 31.7. The summed E-state index contributed by atoms with van der Waals surface area (Å²) in [5.74, 6) is -23.7. The number of carbonyl (C=O) groups is 19. The standard InChI is InChI=1S/C84H123N17O29S/c1-8-45(4)70(82(127)94-57(35-51-19-23-53(107)24-20-51)76(121)90-55(32-44(2)3)75(120)92-59(36-68(114)115)74(119)88-46(5)14-12-13-27-85)99-81(126)62(40-103)96-77(122)56(34-50-17-21-52(106)22-18-50)91-78(123)60(37-69(116)117)93-80(125)61(39-102)97-84(129)72(48(7)105)100-79(124)58(33-49-15-10-9-11-16-49)95-83(128)71(47(6)104)98-63(108)38-87-73(118)54(25-26-67(112)113)89-65(110)43-131-42-64(109)86-28-29-101-30-31-130-41-66(101)111/h9-11,15-24,44-48,54-62,70-72,102-107H,8,12-14,25-43,85H2,1-7H3,(H,86,109)(H,87,118)(H,88,119)(H,89,110)(H,90,121)(H,91,123)(H,92,120)(H,93,125)(H,94,127)(H,95,128)(H,96,122)(H,97,129)(H,98,108)(H,99,126)(H,100,124)(H,112,113)(H,114,115)(H,116,117)/t45-,46+,47+,48+,54-,55-,56-,57-,58-,59-,60-,61-,62-,70-,71-,72-/m0/s1. The first-order chi connectivity index (χ1) is 61.9. The molecule has 4 rings (SSSR count). The number of aliphatic carboxylic acids is 3. The Morgan fingerprint density at radius 1 is 0.443 bits per heavy atom. The lowest BCUT2D eigenvalue weighted by Crippen LogP contribution is -2.63. The zero-order valence-electron chi connectivity index (χ0n) is 73.7. The van der Waals surface area contributed by atoms with E-state index in [1.807, 2.05) is 0 Å². The fourth-order valence-corrected chi connectivity index (χ4v) is 13.6. The van der Waals surface area contributed by atoms with Crippen LogP contribution in [0.3, 0.4) is 0 Å². The summed E-state index contributed by atoms with van der Waals surface area (Å²) < 4.78 is 5.08. The number of hydrogen-bond donors (Lipinski definition) is 25. The fraction of sp³-hybridized carbons (Fsp3) is 0.560. The van der Waals surface area contributed by atoms with Crippen molar-refractivity contribution in [3.05, 3.63) is 95.6 Å². The van der Waals surface area contributed by atoms with Gasteiger partial charge < -0.3 is 141 Å². The number of amides is 16. The molecule has 1 saturated heterocycles. The van der Waals surface area contributed by atoms with Gasteiger partial charge in [0.15, 0.2) is 0 Å². The maximum Gasteiger partial charge on any atom is 0.305 e. The zero-order valence-corrected chi connectivity index (χ0v) is 74.5. The molecule has 1 aliphatic heterocycles. The van der Waals surface area contributed by atoms with Crippen LogP contribution in [-0.4, -0.2) is 325 Å². The van der Waals surface area contributed by atoms with Gasteiger partial charge in [-0.15, -0.1) is 11.8 Å². The predicted molar refractivity (Wildman–Crippen MR) is 466 cm³/mol. The largest absolute Gasteiger partial charge is 0.508 e. The van der Waals surface area contributed by atoms with Crippen molar-refractivity contribution in [2.24, 2.45) is 17.6 Å². The Labute approximate surface area is 758 Å². The van der Waals surface area contributed by atoms with Crippen molar-refractivity contribution >= 4 is 124 Å². The Hall–Kier alpha value is -12.7. The monoisotopic (exact) mass is 1870 g/mol. The molecule has 0 radical (unpaired) electrons. The fourth-order valence-electron chi connectivity index (χ4n) is 12.9. The van der Waals surface area contributed by atoms with Crippen molar-refractivity contribution < 1.29 is 142 Å². The number of ether oxygens (including phenoxy) is 1. The van der Waals surface area contributed by atoms with E-state index < -0.39 is 261 Å². The predicted octanol–water partition coefficient (Wildman–Crippen LogP) is -6.95. The van der Waals surface area contributed by atoms with Crippen molar-refractivity contribution in [1.29, 1.82) is 0 Å². The average molecular weight is 1870 g/mol. The number of aliphatic hydroxyl groups excluding tert-OH is 4. The van der Waals surface area contributed by atoms with Crippen LogP contribution in [0.4, 0.5) is 0 Å². The van der Waals surface area contributed by atoms with E-state index in [0.29, 0.717) is 50.1 Å². The number of aliphatic hydroxyl groups is 4. The van der Waals surface area contributed by atoms with E-state index in [1.54, 1.807) is 45.9 Å². The van der Waals surface area contributed by atoms with Gasteiger partial charge in [0.2, 0.25) is 94.5 Å². The first-order valence-corrected chi connectivity index (χ1v) is 43.6. The SMILES string of the molecule is CC[C@H](C)[C@H](NC(=O)[C@H](CO)NC(=O)[C@H](Cc1ccc(O)cc1)NC(=O)[C@H](CC(=O)O)NC(=O)[C@H](CO)NC(=O)[C@@H](NC(=O)[C@H](Cc1ccccc1)NC(=O)[C@@H](NC(=O)CNC(=O)[C@H](CCC(=O)O)NC(=O)CSCC(=O)NCCN1CCOCC1=O)[C@@H](C)O)[C@@H](C)O)C(=O)N[C@@H](Cc1ccc(O)cc1)C(=O)N[C@@H](CC(C)C)C(=O)N[C@@H](CC(=O)O)C(=O)N[C@H](C)CCCCN. The Bertz CT molecular complexity index is 4360. The van der Waals surface area contributed by atoms with Crippen LogP contribution in [0.2, 0.25) is 0 Å². The van der Waals surface area contributed by atoms with E-state index in [4.69, 9.17) is 10.5 Å². The number of nitrogens with two attached hydrogens (primary N) is 1. The number of nitrogens with zero attached hydrogens (tertiary/aromatic N) is 1. The molecule has 46 nitrogen and oxygen atoms in total. The smallest absolute Gasteiger partial charge is 0.305 e. The van der Waals surface area contributed by atoms with E-state index in [1.165, 1.54) is 72.5 Å². The molecule has 0 spiro atoms. The maximum absolute atomic E-state index is 14.7. The van der Waals surface area contributed by atoms with Crippen molar-refractivity contribution in [2.75, 3.05) is 70.7 Å². The maximum atomic E-state index is 14.7. The Kier molecular flexibility index (Phi) is 48.4. The Morgan fingerprint density at radius 3 is 1.34 bits per heavy atom. The molecule has 1 fully saturated rings. The Morgan fingerprint density at radius 2 is 0.863 bits per heavy atom. The number of nitrogens with one attached hydrogen (secondary N) is 15. The van der Waals surface area contributed by atoms with Gasteiger partial charge in [-0.25, -0.2) is 0 Å². The van der Waals surface area contributed by atoms with Crippen LogP contribution in [0, 0.1) is 11.8 Å². The summed E-state index contributed by atoms with van der Waals surface area (Å²) in [4.78, 5) is 259. The highest BCUT2D eigenvalue weighted by atomic mass is 32.2. The van der Waals surface area contributed by atoms with Crippen molar-refractivity contribution in [3.63, 3.8) is 0 Å². The summed E-state index contributed by atoms with van der Waals surface area (Å²) >= 11 is 0.845. The number of rotatable bonds is 59. The molecule has 0 saturated carbocycles. The van der Waals surface area contributed by atoms with Crippen LogP contribution < -0.4 is 85.5 Å². The van der Waals surface area contributed by atoms with Gasteiger partial charge in [-0.3, -0.25) is 91.1 Å². The molecule has 0 unspecified atom stereocenters. The number of morpholine rings is 1. The van der Waals surface area contributed by atoms with Gasteiger partial charge in [0.1, 0.15) is 90.6 Å². The molecule has 3 aromatic rings. The van der Waals surface area contributed by atoms with Crippen LogP contribution >= 0.6 is 11.8 Å². The van der Waals surface area contributed by atoms with Crippen molar-refractivity contribution in [3.8, 4) is 11.5 Å². The van der Waals surface area contributed by atoms with Gasteiger partial charge >= 0.3 is 17.9 Å². The second kappa shape index (κ2) is 57.4. The highest BCUT2D eigenvalue weighted by Gasteiger charge is 2.40. The quantitative estimate of drug-likeness (QED) is 0.0234. The number of unbranched alkanes of at least 4 members (excludes halogenated alkanes) is 1. The number of carboxylic acids is 3. The van der Waals surface area contributed by atoms with Gasteiger partial charge in [0.25, 0.3) is 0 Å². The first-order valence-electron chi connectivity index (χ1n) is 42.4. The third-order valence-electron chi connectivity index (χ3n) is 20.3. The molecule has 16 atom stereocenters. The summed E-state index contributed by atoms with van der Waals surface area (Å²) in [6, 6.07) is -4.28. The third-order valence-corrected chi connectivity index (χ3v) is 21.3. The molecule has 0 aliphatic carbocycles. The van der Waals surface area contributed by atoms with E-state index >= 15 is 0 Å². The number of carbonyl (C=O) groups excluding carboxylic acids is 16. The van der Waals surface area contributed by atoms with E-state index in [0.717, 1.165) is 25.6 Å². The van der Waals surface area contributed by atoms with Gasteiger partial charge in [-0.05, 0) is 106 Å². The molecule has 1 aliphatic rings. The van der Waals surface area contributed by atoms with Gasteiger partial charge in [0, 0.05) is 51.4 Å². The molecule has 26 N–H and O–H groups in total. The molecule has 1 heterocycles. The minimum atomic E-state index is -2.23. The lowest BCUT2D eigenvalue weighted by molar-refractivity contribution is -0.143. The molecule has 0 aromatic heterocycles. The number of hydrogen-bond acceptors (Lipinski definition) is 28. The third kappa shape index (κ3) is 40.9. The number of carboxylic acid groups (broad SMARTS) is 3. The summed E-state index contributed by atoms with van der Waals surface area (Å²) in [6.07, 6.45) is -6.37. The van der Waals surface area contributed by atoms with E-state index in [9.17, 15) is 137 Å². The van der Waals surface area contributed by atoms with Crippen LogP contribution in [0.25, 0.3) is 0 Å². The van der Waals surface area contributed by atoms with E-state index in [-0.39, 0.29) is 79.4 Å². The highest BCUT2D eigenvalue weighted by Crippen LogP contribution is 2.18.